The van der Waals surface area contributed by atoms with Crippen molar-refractivity contribution in [3.8, 4) is 0 Å². The molecule has 0 aromatic carbocycles. The molecule has 3 nitrogen and oxygen atoms in total. The monoisotopic (exact) mass is 267 g/mol. The van der Waals surface area contributed by atoms with Crippen LogP contribution in [0.25, 0.3) is 0 Å². The summed E-state index contributed by atoms with van der Waals surface area (Å²) in [6.45, 7) is 1.86. The lowest BCUT2D eigenvalue weighted by Gasteiger charge is -2.12. The van der Waals surface area contributed by atoms with Crippen LogP contribution in [0.3, 0.4) is 0 Å². The molecule has 1 N–H and O–H groups in total. The fourth-order valence-electron chi connectivity index (χ4n) is 2.33. The zero-order valence-corrected chi connectivity index (χ0v) is 11.0. The molecule has 3 rings (SSSR count). The van der Waals surface area contributed by atoms with Crippen molar-refractivity contribution in [3.63, 3.8) is 0 Å². The fraction of sp³-hybridized carbons (Fsp3) is 0.417. The van der Waals surface area contributed by atoms with Gasteiger partial charge in [0.1, 0.15) is 0 Å². The van der Waals surface area contributed by atoms with Gasteiger partial charge >= 0.3 is 0 Å². The van der Waals surface area contributed by atoms with Gasteiger partial charge in [-0.25, -0.2) is 0 Å². The van der Waals surface area contributed by atoms with E-state index >= 15 is 0 Å². The van der Waals surface area contributed by atoms with Crippen molar-refractivity contribution in [1.82, 2.24) is 15.1 Å². The molecular formula is C12H14ClN3S. The second-order valence-electron chi connectivity index (χ2n) is 4.24. The summed E-state index contributed by atoms with van der Waals surface area (Å²) in [6, 6.07) is 4.54. The molecule has 90 valence electrons. The molecule has 1 aliphatic carbocycles. The van der Waals surface area contributed by atoms with Crippen LogP contribution in [0.15, 0.2) is 24.5 Å². The van der Waals surface area contributed by atoms with Gasteiger partial charge in [0.05, 0.1) is 10.9 Å². The summed E-state index contributed by atoms with van der Waals surface area (Å²) in [5.74, 6) is 0. The fourth-order valence-corrected chi connectivity index (χ4v) is 3.69. The lowest BCUT2D eigenvalue weighted by Crippen LogP contribution is -2.23. The second kappa shape index (κ2) is 4.80. The molecule has 0 spiro atoms. The van der Waals surface area contributed by atoms with Crippen LogP contribution in [0.4, 0.5) is 0 Å². The first-order chi connectivity index (χ1) is 8.33. The number of aryl methyl sites for hydroxylation is 1. The molecule has 1 unspecified atom stereocenters. The van der Waals surface area contributed by atoms with E-state index in [1.807, 2.05) is 23.1 Å². The Hall–Kier alpha value is -0.840. The van der Waals surface area contributed by atoms with E-state index in [2.05, 4.69) is 16.5 Å². The number of halogens is 1. The molecule has 0 bridgehead atoms. The Balaban J connectivity index is 1.56. The third-order valence-corrected chi connectivity index (χ3v) is 4.48. The average Bonchev–Trinajstić information content (AvgIpc) is 2.97. The highest BCUT2D eigenvalue weighted by atomic mass is 35.5. The van der Waals surface area contributed by atoms with Crippen molar-refractivity contribution >= 4 is 22.9 Å². The number of hydrogen-bond acceptors (Lipinski definition) is 3. The molecule has 0 radical (unpaired) electrons. The molecule has 1 atom stereocenters. The standard InChI is InChI=1S/C12H14ClN3S/c13-12-8-9-10(2-3-11(9)17-12)14-5-7-16-6-1-4-15-16/h1,4,6,8,10,14H,2-3,5,7H2. The molecule has 0 fully saturated rings. The van der Waals surface area contributed by atoms with Gasteiger partial charge in [0.2, 0.25) is 0 Å². The predicted molar refractivity (Wildman–Crippen MR) is 70.6 cm³/mol. The van der Waals surface area contributed by atoms with Crippen molar-refractivity contribution in [2.75, 3.05) is 6.54 Å². The summed E-state index contributed by atoms with van der Waals surface area (Å²) in [6.07, 6.45) is 6.15. The van der Waals surface area contributed by atoms with Gasteiger partial charge in [-0.3, -0.25) is 4.68 Å². The van der Waals surface area contributed by atoms with Gasteiger partial charge in [0.25, 0.3) is 0 Å². The quantitative estimate of drug-likeness (QED) is 0.923. The first-order valence-electron chi connectivity index (χ1n) is 5.82. The van der Waals surface area contributed by atoms with Crippen molar-refractivity contribution < 1.29 is 0 Å². The van der Waals surface area contributed by atoms with Gasteiger partial charge in [-0.15, -0.1) is 11.3 Å². The van der Waals surface area contributed by atoms with Crippen LogP contribution < -0.4 is 5.32 Å². The maximum absolute atomic E-state index is 6.04. The van der Waals surface area contributed by atoms with Crippen molar-refractivity contribution in [3.05, 3.63) is 39.3 Å². The van der Waals surface area contributed by atoms with E-state index in [1.54, 1.807) is 11.3 Å². The molecular weight excluding hydrogens is 254 g/mol. The van der Waals surface area contributed by atoms with Crippen LogP contribution in [-0.2, 0) is 13.0 Å². The smallest absolute Gasteiger partial charge is 0.0934 e. The van der Waals surface area contributed by atoms with E-state index in [0.717, 1.165) is 23.8 Å². The summed E-state index contributed by atoms with van der Waals surface area (Å²) in [7, 11) is 0. The maximum Gasteiger partial charge on any atom is 0.0934 e. The second-order valence-corrected chi connectivity index (χ2v) is 6.01. The van der Waals surface area contributed by atoms with E-state index in [-0.39, 0.29) is 0 Å². The number of fused-ring (bicyclic) bond motifs is 1. The minimum absolute atomic E-state index is 0.476. The summed E-state index contributed by atoms with van der Waals surface area (Å²) in [5, 5.41) is 7.76. The van der Waals surface area contributed by atoms with E-state index in [9.17, 15) is 0 Å². The Morgan fingerprint density at radius 1 is 1.59 bits per heavy atom. The molecule has 0 aliphatic heterocycles. The number of hydrogen-bond donors (Lipinski definition) is 1. The van der Waals surface area contributed by atoms with Crippen molar-refractivity contribution in [1.29, 1.82) is 0 Å². The van der Waals surface area contributed by atoms with Crippen LogP contribution in [0.1, 0.15) is 22.9 Å². The lowest BCUT2D eigenvalue weighted by molar-refractivity contribution is 0.484. The number of thiophene rings is 1. The highest BCUT2D eigenvalue weighted by molar-refractivity contribution is 7.16. The highest BCUT2D eigenvalue weighted by Gasteiger charge is 2.24. The third-order valence-electron chi connectivity index (χ3n) is 3.14. The van der Waals surface area contributed by atoms with Crippen LogP contribution in [0.5, 0.6) is 0 Å². The Morgan fingerprint density at radius 3 is 3.35 bits per heavy atom. The van der Waals surface area contributed by atoms with E-state index in [0.29, 0.717) is 6.04 Å². The Kier molecular flexibility index (Phi) is 3.18. The minimum atomic E-state index is 0.476. The predicted octanol–water partition coefficient (Wildman–Crippen LogP) is 2.88. The first kappa shape index (κ1) is 11.3. The van der Waals surface area contributed by atoms with E-state index in [1.165, 1.54) is 16.9 Å². The molecule has 2 aromatic heterocycles. The van der Waals surface area contributed by atoms with E-state index < -0.39 is 0 Å². The highest BCUT2D eigenvalue weighted by Crippen LogP contribution is 2.39. The summed E-state index contributed by atoms with van der Waals surface area (Å²) >= 11 is 7.76. The molecule has 17 heavy (non-hydrogen) atoms. The number of nitrogens with zero attached hydrogens (tertiary/aromatic N) is 2. The van der Waals surface area contributed by atoms with Gasteiger partial charge in [-0.1, -0.05) is 11.6 Å². The molecule has 1 aliphatic rings. The van der Waals surface area contributed by atoms with Gasteiger partial charge in [0.15, 0.2) is 0 Å². The van der Waals surface area contributed by atoms with Crippen molar-refractivity contribution in [2.45, 2.75) is 25.4 Å². The Bertz CT molecular complexity index is 492. The van der Waals surface area contributed by atoms with Gasteiger partial charge in [-0.2, -0.15) is 5.10 Å². The third kappa shape index (κ3) is 2.39. The normalized spacial score (nSPS) is 18.5. The number of nitrogens with one attached hydrogen (secondary N) is 1. The molecule has 0 saturated carbocycles. The summed E-state index contributed by atoms with van der Waals surface area (Å²) < 4.78 is 2.86. The van der Waals surface area contributed by atoms with Gasteiger partial charge in [-0.05, 0) is 30.5 Å². The maximum atomic E-state index is 6.04. The minimum Gasteiger partial charge on any atom is -0.308 e. The zero-order chi connectivity index (χ0) is 11.7. The first-order valence-corrected chi connectivity index (χ1v) is 7.01. The molecule has 5 heteroatoms. The molecule has 0 amide bonds. The average molecular weight is 268 g/mol. The van der Waals surface area contributed by atoms with Crippen LogP contribution in [0, 0.1) is 0 Å². The zero-order valence-electron chi connectivity index (χ0n) is 9.40. The van der Waals surface area contributed by atoms with Crippen LogP contribution in [-0.4, -0.2) is 16.3 Å². The summed E-state index contributed by atoms with van der Waals surface area (Å²) in [4.78, 5) is 1.45. The topological polar surface area (TPSA) is 29.9 Å². The van der Waals surface area contributed by atoms with Crippen LogP contribution >= 0.6 is 22.9 Å². The number of rotatable bonds is 4. The van der Waals surface area contributed by atoms with E-state index in [4.69, 9.17) is 11.6 Å². The van der Waals surface area contributed by atoms with Crippen molar-refractivity contribution in [2.24, 2.45) is 0 Å². The number of aromatic nitrogens is 2. The SMILES string of the molecule is Clc1cc2c(s1)CCC2NCCn1cccn1. The van der Waals surface area contributed by atoms with Crippen LogP contribution in [0.2, 0.25) is 4.34 Å². The largest absolute Gasteiger partial charge is 0.308 e. The molecule has 2 aromatic rings. The Morgan fingerprint density at radius 2 is 2.53 bits per heavy atom. The van der Waals surface area contributed by atoms with Gasteiger partial charge in [0, 0.05) is 29.9 Å². The molecule has 0 saturated heterocycles. The lowest BCUT2D eigenvalue weighted by atomic mass is 10.2. The molecule has 2 heterocycles. The van der Waals surface area contributed by atoms with Gasteiger partial charge < -0.3 is 5.32 Å². The Labute approximate surface area is 109 Å². The summed E-state index contributed by atoms with van der Waals surface area (Å²) in [5.41, 5.74) is 1.40.